The van der Waals surface area contributed by atoms with E-state index in [1.165, 1.54) is 30.0 Å². The number of benzene rings is 2. The second kappa shape index (κ2) is 9.07. The standard InChI is InChI=1S/C19H18ClFN4O2S/c1-3-27-16-7-5-4-6-13(16)18-23-24-19(25(18)2)28-11-17(26)22-12-8-9-15(21)14(20)10-12/h4-10H,3,11H2,1-2H3,(H,22,26). The summed E-state index contributed by atoms with van der Waals surface area (Å²) >= 11 is 6.97. The number of carbonyl (C=O) groups excluding carboxylic acids is 1. The molecular weight excluding hydrogens is 403 g/mol. The van der Waals surface area contributed by atoms with Gasteiger partial charge in [0.2, 0.25) is 5.91 Å². The van der Waals surface area contributed by atoms with Crippen LogP contribution in [0.25, 0.3) is 11.4 Å². The number of halogens is 2. The van der Waals surface area contributed by atoms with E-state index in [1.807, 2.05) is 42.8 Å². The highest BCUT2D eigenvalue weighted by Crippen LogP contribution is 2.30. The summed E-state index contributed by atoms with van der Waals surface area (Å²) in [6.07, 6.45) is 0. The van der Waals surface area contributed by atoms with Crippen LogP contribution in [0.2, 0.25) is 5.02 Å². The minimum absolute atomic E-state index is 0.0450. The number of nitrogens with one attached hydrogen (secondary N) is 1. The fraction of sp³-hybridized carbons (Fsp3) is 0.211. The van der Waals surface area contributed by atoms with Crippen LogP contribution in [0.1, 0.15) is 6.92 Å². The van der Waals surface area contributed by atoms with Crippen LogP contribution in [-0.2, 0) is 11.8 Å². The molecular formula is C19H18ClFN4O2S. The van der Waals surface area contributed by atoms with Gasteiger partial charge in [0.25, 0.3) is 0 Å². The predicted molar refractivity (Wildman–Crippen MR) is 108 cm³/mol. The highest BCUT2D eigenvalue weighted by molar-refractivity contribution is 7.99. The van der Waals surface area contributed by atoms with Crippen molar-refractivity contribution in [1.82, 2.24) is 14.8 Å². The number of rotatable bonds is 7. The molecule has 6 nitrogen and oxygen atoms in total. The van der Waals surface area contributed by atoms with Gasteiger partial charge in [0, 0.05) is 12.7 Å². The lowest BCUT2D eigenvalue weighted by molar-refractivity contribution is -0.113. The molecule has 0 saturated carbocycles. The molecule has 0 aliphatic rings. The summed E-state index contributed by atoms with van der Waals surface area (Å²) in [7, 11) is 1.83. The Morgan fingerprint density at radius 2 is 2.07 bits per heavy atom. The van der Waals surface area contributed by atoms with Gasteiger partial charge in [-0.15, -0.1) is 10.2 Å². The summed E-state index contributed by atoms with van der Waals surface area (Å²) in [5, 5.41) is 11.6. The average Bonchev–Trinajstić information content (AvgIpc) is 3.04. The first kappa shape index (κ1) is 20.2. The number of anilines is 1. The lowest BCUT2D eigenvalue weighted by atomic mass is 10.2. The number of carbonyl (C=O) groups is 1. The minimum atomic E-state index is -0.534. The van der Waals surface area contributed by atoms with Gasteiger partial charge in [-0.05, 0) is 37.3 Å². The maximum atomic E-state index is 13.2. The maximum Gasteiger partial charge on any atom is 0.234 e. The van der Waals surface area contributed by atoms with Gasteiger partial charge in [0.15, 0.2) is 11.0 Å². The monoisotopic (exact) mass is 420 g/mol. The molecule has 1 heterocycles. The highest BCUT2D eigenvalue weighted by atomic mass is 35.5. The van der Waals surface area contributed by atoms with Crippen molar-refractivity contribution in [3.05, 3.63) is 53.3 Å². The first-order chi connectivity index (χ1) is 13.5. The molecule has 0 aliphatic heterocycles. The first-order valence-corrected chi connectivity index (χ1v) is 9.85. The van der Waals surface area contributed by atoms with E-state index >= 15 is 0 Å². The van der Waals surface area contributed by atoms with Crippen molar-refractivity contribution in [2.24, 2.45) is 7.05 Å². The van der Waals surface area contributed by atoms with Crippen LogP contribution >= 0.6 is 23.4 Å². The molecule has 0 radical (unpaired) electrons. The number of ether oxygens (including phenoxy) is 1. The van der Waals surface area contributed by atoms with Crippen molar-refractivity contribution in [1.29, 1.82) is 0 Å². The number of para-hydroxylation sites is 1. The Hall–Kier alpha value is -2.58. The van der Waals surface area contributed by atoms with Crippen LogP contribution in [-0.4, -0.2) is 33.0 Å². The third kappa shape index (κ3) is 4.63. The summed E-state index contributed by atoms with van der Waals surface area (Å²) in [5.41, 5.74) is 1.26. The molecule has 0 saturated heterocycles. The molecule has 3 aromatic rings. The molecule has 0 bridgehead atoms. The van der Waals surface area contributed by atoms with Crippen LogP contribution in [0, 0.1) is 5.82 Å². The zero-order chi connectivity index (χ0) is 20.1. The molecule has 0 fully saturated rings. The van der Waals surface area contributed by atoms with Crippen molar-refractivity contribution in [2.45, 2.75) is 12.1 Å². The molecule has 2 aromatic carbocycles. The smallest absolute Gasteiger partial charge is 0.234 e. The van der Waals surface area contributed by atoms with Crippen molar-refractivity contribution >= 4 is 35.0 Å². The summed E-state index contributed by atoms with van der Waals surface area (Å²) in [6.45, 7) is 2.46. The number of amides is 1. The average molecular weight is 421 g/mol. The number of thioether (sulfide) groups is 1. The van der Waals surface area contributed by atoms with Gasteiger partial charge in [-0.2, -0.15) is 0 Å². The van der Waals surface area contributed by atoms with E-state index in [1.54, 1.807) is 0 Å². The Morgan fingerprint density at radius 3 is 2.82 bits per heavy atom. The SMILES string of the molecule is CCOc1ccccc1-c1nnc(SCC(=O)Nc2ccc(F)c(Cl)c2)n1C. The summed E-state index contributed by atoms with van der Waals surface area (Å²) in [5.74, 6) is 0.703. The second-order valence-electron chi connectivity index (χ2n) is 5.76. The van der Waals surface area contributed by atoms with Gasteiger partial charge < -0.3 is 14.6 Å². The zero-order valence-corrected chi connectivity index (χ0v) is 16.9. The number of hydrogen-bond acceptors (Lipinski definition) is 5. The molecule has 0 unspecified atom stereocenters. The van der Waals surface area contributed by atoms with E-state index in [4.69, 9.17) is 16.3 Å². The molecule has 146 valence electrons. The second-order valence-corrected chi connectivity index (χ2v) is 7.11. The Labute approximate surface area is 171 Å². The molecule has 0 atom stereocenters. The topological polar surface area (TPSA) is 69.0 Å². The lowest BCUT2D eigenvalue weighted by Gasteiger charge is -2.09. The highest BCUT2D eigenvalue weighted by Gasteiger charge is 2.16. The number of aromatic nitrogens is 3. The Balaban J connectivity index is 1.68. The molecule has 1 N–H and O–H groups in total. The van der Waals surface area contributed by atoms with Crippen molar-refractivity contribution < 1.29 is 13.9 Å². The third-order valence-electron chi connectivity index (χ3n) is 3.80. The predicted octanol–water partition coefficient (Wildman–Crippen LogP) is 4.40. The fourth-order valence-corrected chi connectivity index (χ4v) is 3.40. The van der Waals surface area contributed by atoms with E-state index in [2.05, 4.69) is 15.5 Å². The van der Waals surface area contributed by atoms with Crippen LogP contribution in [0.5, 0.6) is 5.75 Å². The Morgan fingerprint density at radius 1 is 1.29 bits per heavy atom. The van der Waals surface area contributed by atoms with Gasteiger partial charge in [0.1, 0.15) is 11.6 Å². The third-order valence-corrected chi connectivity index (χ3v) is 5.11. The van der Waals surface area contributed by atoms with Crippen molar-refractivity contribution in [3.8, 4) is 17.1 Å². The lowest BCUT2D eigenvalue weighted by Crippen LogP contribution is -2.14. The van der Waals surface area contributed by atoms with Gasteiger partial charge in [-0.25, -0.2) is 4.39 Å². The zero-order valence-electron chi connectivity index (χ0n) is 15.3. The summed E-state index contributed by atoms with van der Waals surface area (Å²) < 4.78 is 20.7. The largest absolute Gasteiger partial charge is 0.493 e. The van der Waals surface area contributed by atoms with Crippen LogP contribution in [0.4, 0.5) is 10.1 Å². The van der Waals surface area contributed by atoms with Gasteiger partial charge in [0.05, 0.1) is 22.9 Å². The molecule has 1 amide bonds. The quantitative estimate of drug-likeness (QED) is 0.573. The molecule has 0 spiro atoms. The molecule has 1 aromatic heterocycles. The van der Waals surface area contributed by atoms with Gasteiger partial charge in [-0.3, -0.25) is 4.79 Å². The number of hydrogen-bond donors (Lipinski definition) is 1. The van der Waals surface area contributed by atoms with Gasteiger partial charge >= 0.3 is 0 Å². The van der Waals surface area contributed by atoms with Crippen molar-refractivity contribution in [3.63, 3.8) is 0 Å². The number of nitrogens with zero attached hydrogens (tertiary/aromatic N) is 3. The first-order valence-electron chi connectivity index (χ1n) is 8.49. The van der Waals surface area contributed by atoms with E-state index in [0.717, 1.165) is 11.3 Å². The maximum absolute atomic E-state index is 13.2. The molecule has 0 aliphatic carbocycles. The summed E-state index contributed by atoms with van der Waals surface area (Å²) in [4.78, 5) is 12.2. The van der Waals surface area contributed by atoms with Gasteiger partial charge in [-0.1, -0.05) is 35.5 Å². The molecule has 28 heavy (non-hydrogen) atoms. The normalized spacial score (nSPS) is 10.7. The van der Waals surface area contributed by atoms with Crippen LogP contribution < -0.4 is 10.1 Å². The fourth-order valence-electron chi connectivity index (χ4n) is 2.51. The summed E-state index contributed by atoms with van der Waals surface area (Å²) in [6, 6.07) is 11.6. The molecule has 9 heteroatoms. The van der Waals surface area contributed by atoms with Crippen molar-refractivity contribution in [2.75, 3.05) is 17.7 Å². The van der Waals surface area contributed by atoms with E-state index in [-0.39, 0.29) is 16.7 Å². The van der Waals surface area contributed by atoms with E-state index in [9.17, 15) is 9.18 Å². The minimum Gasteiger partial charge on any atom is -0.493 e. The van der Waals surface area contributed by atoms with Crippen LogP contribution in [0.3, 0.4) is 0 Å². The molecule has 3 rings (SSSR count). The van der Waals surface area contributed by atoms with Crippen LogP contribution in [0.15, 0.2) is 47.6 Å². The Bertz CT molecular complexity index is 996. The van der Waals surface area contributed by atoms with E-state index in [0.29, 0.717) is 23.3 Å². The van der Waals surface area contributed by atoms with E-state index < -0.39 is 5.82 Å². The Kier molecular flexibility index (Phi) is 6.53.